The molecular weight excluding hydrogens is 218 g/mol. The molecule has 0 aliphatic carbocycles. The van der Waals surface area contributed by atoms with Crippen LogP contribution in [0.25, 0.3) is 0 Å². The molecule has 90 valence electrons. The summed E-state index contributed by atoms with van der Waals surface area (Å²) in [6.07, 6.45) is 1.01. The van der Waals surface area contributed by atoms with Gasteiger partial charge in [0.05, 0.1) is 0 Å². The van der Waals surface area contributed by atoms with Crippen LogP contribution in [0.2, 0.25) is 0 Å². The number of carbonyl (C=O) groups is 2. The maximum absolute atomic E-state index is 11.7. The van der Waals surface area contributed by atoms with Gasteiger partial charge in [-0.1, -0.05) is 12.1 Å². The van der Waals surface area contributed by atoms with Gasteiger partial charge in [0.2, 0.25) is 11.8 Å². The molecule has 0 aromatic heterocycles. The van der Waals surface area contributed by atoms with Gasteiger partial charge in [0.15, 0.2) is 0 Å². The summed E-state index contributed by atoms with van der Waals surface area (Å²) < 4.78 is 0. The average Bonchev–Trinajstić information content (AvgIpc) is 2.75. The van der Waals surface area contributed by atoms with Crippen LogP contribution in [0.5, 0.6) is 0 Å². The van der Waals surface area contributed by atoms with E-state index in [1.54, 1.807) is 12.1 Å². The Kier molecular flexibility index (Phi) is 3.27. The zero-order chi connectivity index (χ0) is 12.3. The fraction of sp³-hybridized carbons (Fsp3) is 0.333. The van der Waals surface area contributed by atoms with Crippen molar-refractivity contribution in [3.63, 3.8) is 0 Å². The first-order chi connectivity index (χ1) is 8.15. The molecule has 0 spiro atoms. The number of anilines is 1. The number of hydrogen-bond donors (Lipinski definition) is 3. The molecule has 5 heteroatoms. The van der Waals surface area contributed by atoms with E-state index in [-0.39, 0.29) is 17.9 Å². The van der Waals surface area contributed by atoms with Crippen molar-refractivity contribution in [3.8, 4) is 0 Å². The Labute approximate surface area is 99.4 Å². The Balaban J connectivity index is 1.84. The van der Waals surface area contributed by atoms with Crippen LogP contribution in [0.3, 0.4) is 0 Å². The van der Waals surface area contributed by atoms with E-state index < -0.39 is 0 Å². The van der Waals surface area contributed by atoms with Crippen molar-refractivity contribution in [2.24, 2.45) is 0 Å². The zero-order valence-electron chi connectivity index (χ0n) is 9.40. The highest BCUT2D eigenvalue weighted by molar-refractivity contribution is 5.90. The second-order valence-electron chi connectivity index (χ2n) is 4.12. The molecule has 0 saturated carbocycles. The van der Waals surface area contributed by atoms with E-state index in [0.717, 1.165) is 5.56 Å². The molecule has 0 radical (unpaired) electrons. The Morgan fingerprint density at radius 2 is 2.12 bits per heavy atom. The second kappa shape index (κ2) is 4.86. The summed E-state index contributed by atoms with van der Waals surface area (Å²) in [5, 5.41) is 5.41. The van der Waals surface area contributed by atoms with Crippen LogP contribution in [0.15, 0.2) is 24.3 Å². The molecule has 1 saturated heterocycles. The Bertz CT molecular complexity index is 428. The average molecular weight is 233 g/mol. The van der Waals surface area contributed by atoms with Crippen LogP contribution in [0.4, 0.5) is 5.69 Å². The third-order valence-corrected chi connectivity index (χ3v) is 2.76. The minimum atomic E-state index is -0.378. The van der Waals surface area contributed by atoms with E-state index in [1.165, 1.54) is 0 Å². The summed E-state index contributed by atoms with van der Waals surface area (Å²) in [6.45, 7) is 0.450. The maximum Gasteiger partial charge on any atom is 0.242 e. The molecule has 0 bridgehead atoms. The summed E-state index contributed by atoms with van der Waals surface area (Å²) >= 11 is 0. The van der Waals surface area contributed by atoms with Gasteiger partial charge in [-0.2, -0.15) is 0 Å². The molecule has 1 aromatic carbocycles. The third-order valence-electron chi connectivity index (χ3n) is 2.76. The van der Waals surface area contributed by atoms with E-state index in [4.69, 9.17) is 5.73 Å². The van der Waals surface area contributed by atoms with Gasteiger partial charge in [-0.25, -0.2) is 0 Å². The van der Waals surface area contributed by atoms with Gasteiger partial charge in [0.25, 0.3) is 0 Å². The van der Waals surface area contributed by atoms with E-state index >= 15 is 0 Å². The first kappa shape index (κ1) is 11.4. The monoisotopic (exact) mass is 233 g/mol. The second-order valence-corrected chi connectivity index (χ2v) is 4.12. The summed E-state index contributed by atoms with van der Waals surface area (Å²) in [6, 6.07) is 6.93. The minimum Gasteiger partial charge on any atom is -0.399 e. The van der Waals surface area contributed by atoms with Crippen molar-refractivity contribution >= 4 is 17.5 Å². The van der Waals surface area contributed by atoms with Crippen LogP contribution >= 0.6 is 0 Å². The van der Waals surface area contributed by atoms with E-state index in [0.29, 0.717) is 25.1 Å². The molecule has 1 fully saturated rings. The molecule has 1 atom stereocenters. The molecular formula is C12H15N3O2. The van der Waals surface area contributed by atoms with Crippen LogP contribution in [0, 0.1) is 0 Å². The number of benzene rings is 1. The van der Waals surface area contributed by atoms with Crippen molar-refractivity contribution in [1.29, 1.82) is 0 Å². The number of amides is 2. The van der Waals surface area contributed by atoms with Gasteiger partial charge in [-0.15, -0.1) is 0 Å². The number of hydrogen-bond acceptors (Lipinski definition) is 3. The topological polar surface area (TPSA) is 84.2 Å². The lowest BCUT2D eigenvalue weighted by Gasteiger charge is -2.10. The first-order valence-corrected chi connectivity index (χ1v) is 5.56. The molecule has 2 amide bonds. The van der Waals surface area contributed by atoms with Crippen LogP contribution in [0.1, 0.15) is 18.4 Å². The predicted octanol–water partition coefficient (Wildman–Crippen LogP) is 0.164. The largest absolute Gasteiger partial charge is 0.399 e. The van der Waals surface area contributed by atoms with Crippen molar-refractivity contribution in [2.75, 3.05) is 5.73 Å². The number of nitrogens with one attached hydrogen (secondary N) is 2. The molecule has 17 heavy (non-hydrogen) atoms. The van der Waals surface area contributed by atoms with Gasteiger partial charge in [0.1, 0.15) is 6.04 Å². The molecule has 4 N–H and O–H groups in total. The Hall–Kier alpha value is -2.04. The predicted molar refractivity (Wildman–Crippen MR) is 63.9 cm³/mol. The third kappa shape index (κ3) is 2.96. The highest BCUT2D eigenvalue weighted by Gasteiger charge is 2.26. The van der Waals surface area contributed by atoms with Crippen molar-refractivity contribution in [1.82, 2.24) is 10.6 Å². The van der Waals surface area contributed by atoms with Crippen molar-refractivity contribution < 1.29 is 9.59 Å². The lowest BCUT2D eigenvalue weighted by Crippen LogP contribution is -2.41. The van der Waals surface area contributed by atoms with E-state index in [9.17, 15) is 9.59 Å². The normalized spacial score (nSPS) is 18.8. The maximum atomic E-state index is 11.7. The van der Waals surface area contributed by atoms with Gasteiger partial charge < -0.3 is 16.4 Å². The van der Waals surface area contributed by atoms with Crippen molar-refractivity contribution in [3.05, 3.63) is 29.8 Å². The molecule has 5 nitrogen and oxygen atoms in total. The smallest absolute Gasteiger partial charge is 0.242 e. The number of rotatable bonds is 3. The number of nitrogens with two attached hydrogens (primary N) is 1. The molecule has 2 rings (SSSR count). The van der Waals surface area contributed by atoms with Crippen LogP contribution in [-0.4, -0.2) is 17.9 Å². The Morgan fingerprint density at radius 1 is 1.41 bits per heavy atom. The SMILES string of the molecule is Nc1ccc(CNC(=O)C2CCC(=O)N2)cc1. The minimum absolute atomic E-state index is 0.0577. The molecule has 1 unspecified atom stereocenters. The summed E-state index contributed by atoms with van der Waals surface area (Å²) in [5.74, 6) is -0.190. The van der Waals surface area contributed by atoms with Crippen LogP contribution in [-0.2, 0) is 16.1 Å². The fourth-order valence-corrected chi connectivity index (χ4v) is 1.76. The van der Waals surface area contributed by atoms with E-state index in [1.807, 2.05) is 12.1 Å². The lowest BCUT2D eigenvalue weighted by molar-refractivity contribution is -0.125. The molecule has 1 aliphatic heterocycles. The van der Waals surface area contributed by atoms with Crippen LogP contribution < -0.4 is 16.4 Å². The molecule has 1 heterocycles. The summed E-state index contributed by atoms with van der Waals surface area (Å²) in [7, 11) is 0. The lowest BCUT2D eigenvalue weighted by atomic mass is 10.2. The van der Waals surface area contributed by atoms with Gasteiger partial charge in [-0.05, 0) is 24.1 Å². The quantitative estimate of drug-likeness (QED) is 0.650. The number of nitrogen functional groups attached to an aromatic ring is 1. The summed E-state index contributed by atoms with van der Waals surface area (Å²) in [5.41, 5.74) is 7.24. The zero-order valence-corrected chi connectivity index (χ0v) is 9.40. The highest BCUT2D eigenvalue weighted by Crippen LogP contribution is 2.08. The Morgan fingerprint density at radius 3 is 2.71 bits per heavy atom. The standard InChI is InChI=1S/C12H15N3O2/c13-9-3-1-8(2-4-9)7-14-12(17)10-5-6-11(16)15-10/h1-4,10H,5-7,13H2,(H,14,17)(H,15,16). The molecule has 1 aromatic rings. The van der Waals surface area contributed by atoms with Gasteiger partial charge in [-0.3, -0.25) is 9.59 Å². The van der Waals surface area contributed by atoms with Crippen molar-refractivity contribution in [2.45, 2.75) is 25.4 Å². The number of carbonyl (C=O) groups excluding carboxylic acids is 2. The van der Waals surface area contributed by atoms with Gasteiger partial charge in [0, 0.05) is 18.7 Å². The highest BCUT2D eigenvalue weighted by atomic mass is 16.2. The van der Waals surface area contributed by atoms with Gasteiger partial charge >= 0.3 is 0 Å². The molecule has 1 aliphatic rings. The first-order valence-electron chi connectivity index (χ1n) is 5.56. The fourth-order valence-electron chi connectivity index (χ4n) is 1.76. The van der Waals surface area contributed by atoms with E-state index in [2.05, 4.69) is 10.6 Å². The summed E-state index contributed by atoms with van der Waals surface area (Å²) in [4.78, 5) is 22.6.